The lowest BCUT2D eigenvalue weighted by Gasteiger charge is -2.22. The topological polar surface area (TPSA) is 49.3 Å². The second-order valence-corrected chi connectivity index (χ2v) is 5.12. The van der Waals surface area contributed by atoms with Crippen LogP contribution in [0.25, 0.3) is 0 Å². The standard InChI is InChI=1S/C15H24N4O/c1-3-18(4-2)15-16-10-9-13(17-15)14(20)19-11-7-5-6-8-12-19/h9-10H,3-8,11-12H2,1-2H3. The van der Waals surface area contributed by atoms with Crippen LogP contribution in [-0.2, 0) is 0 Å². The molecule has 2 rings (SSSR count). The second-order valence-electron chi connectivity index (χ2n) is 5.12. The molecule has 1 aromatic rings. The van der Waals surface area contributed by atoms with Gasteiger partial charge >= 0.3 is 0 Å². The first kappa shape index (κ1) is 14.8. The molecule has 0 aromatic carbocycles. The van der Waals surface area contributed by atoms with Crippen molar-refractivity contribution in [1.29, 1.82) is 0 Å². The predicted octanol–water partition coefficient (Wildman–Crippen LogP) is 2.34. The van der Waals surface area contributed by atoms with Crippen molar-refractivity contribution in [2.75, 3.05) is 31.1 Å². The third-order valence-electron chi connectivity index (χ3n) is 3.80. The number of anilines is 1. The van der Waals surface area contributed by atoms with Gasteiger partial charge < -0.3 is 9.80 Å². The highest BCUT2D eigenvalue weighted by Gasteiger charge is 2.19. The maximum Gasteiger partial charge on any atom is 0.272 e. The van der Waals surface area contributed by atoms with Crippen molar-refractivity contribution in [3.8, 4) is 0 Å². The Kier molecular flexibility index (Phi) is 5.32. The summed E-state index contributed by atoms with van der Waals surface area (Å²) in [5.74, 6) is 0.693. The van der Waals surface area contributed by atoms with E-state index in [1.54, 1.807) is 12.3 Å². The van der Waals surface area contributed by atoms with Crippen LogP contribution in [0.5, 0.6) is 0 Å². The van der Waals surface area contributed by atoms with Gasteiger partial charge in [0.05, 0.1) is 0 Å². The molecule has 110 valence electrons. The molecule has 5 heteroatoms. The number of hydrogen-bond acceptors (Lipinski definition) is 4. The minimum atomic E-state index is 0.0442. The van der Waals surface area contributed by atoms with E-state index in [2.05, 4.69) is 28.7 Å². The van der Waals surface area contributed by atoms with Crippen LogP contribution in [0.1, 0.15) is 50.0 Å². The van der Waals surface area contributed by atoms with Crippen LogP contribution in [0.4, 0.5) is 5.95 Å². The zero-order valence-corrected chi connectivity index (χ0v) is 12.5. The van der Waals surface area contributed by atoms with Gasteiger partial charge in [-0.25, -0.2) is 9.97 Å². The normalized spacial score (nSPS) is 15.8. The van der Waals surface area contributed by atoms with Crippen molar-refractivity contribution in [1.82, 2.24) is 14.9 Å². The molecule has 0 spiro atoms. The van der Waals surface area contributed by atoms with E-state index in [-0.39, 0.29) is 5.91 Å². The van der Waals surface area contributed by atoms with Gasteiger partial charge in [-0.15, -0.1) is 0 Å². The predicted molar refractivity (Wildman–Crippen MR) is 80.0 cm³/mol. The monoisotopic (exact) mass is 276 g/mol. The Balaban J connectivity index is 2.14. The van der Waals surface area contributed by atoms with Gasteiger partial charge in [0.2, 0.25) is 5.95 Å². The summed E-state index contributed by atoms with van der Waals surface area (Å²) in [6.07, 6.45) is 6.32. The van der Waals surface area contributed by atoms with Gasteiger partial charge in [0.15, 0.2) is 0 Å². The molecular formula is C15H24N4O. The number of rotatable bonds is 4. The van der Waals surface area contributed by atoms with Crippen LogP contribution in [0.15, 0.2) is 12.3 Å². The Bertz CT molecular complexity index is 437. The number of hydrogen-bond donors (Lipinski definition) is 0. The maximum atomic E-state index is 12.5. The van der Waals surface area contributed by atoms with Crippen LogP contribution in [0.2, 0.25) is 0 Å². The minimum Gasteiger partial charge on any atom is -0.341 e. The lowest BCUT2D eigenvalue weighted by Crippen LogP contribution is -2.33. The summed E-state index contributed by atoms with van der Waals surface area (Å²) in [5, 5.41) is 0. The van der Waals surface area contributed by atoms with Crippen molar-refractivity contribution in [2.24, 2.45) is 0 Å². The molecule has 1 amide bonds. The zero-order chi connectivity index (χ0) is 14.4. The average molecular weight is 276 g/mol. The van der Waals surface area contributed by atoms with E-state index in [1.165, 1.54) is 12.8 Å². The van der Waals surface area contributed by atoms with Gasteiger partial charge in [0.1, 0.15) is 5.69 Å². The summed E-state index contributed by atoms with van der Waals surface area (Å²) in [5.41, 5.74) is 0.517. The third kappa shape index (κ3) is 3.46. The fourth-order valence-electron chi connectivity index (χ4n) is 2.56. The first-order valence-electron chi connectivity index (χ1n) is 7.63. The molecule has 1 aliphatic heterocycles. The highest BCUT2D eigenvalue weighted by molar-refractivity contribution is 5.92. The van der Waals surface area contributed by atoms with E-state index < -0.39 is 0 Å². The van der Waals surface area contributed by atoms with Crippen molar-refractivity contribution in [3.63, 3.8) is 0 Å². The number of carbonyl (C=O) groups is 1. The first-order chi connectivity index (χ1) is 9.76. The summed E-state index contributed by atoms with van der Waals surface area (Å²) in [4.78, 5) is 25.2. The van der Waals surface area contributed by atoms with E-state index in [1.807, 2.05) is 4.90 Å². The first-order valence-corrected chi connectivity index (χ1v) is 7.63. The summed E-state index contributed by atoms with van der Waals surface area (Å²) in [7, 11) is 0. The number of aromatic nitrogens is 2. The molecule has 0 N–H and O–H groups in total. The fourth-order valence-corrected chi connectivity index (χ4v) is 2.56. The van der Waals surface area contributed by atoms with Crippen molar-refractivity contribution < 1.29 is 4.79 Å². The largest absolute Gasteiger partial charge is 0.341 e. The summed E-state index contributed by atoms with van der Waals surface area (Å²) >= 11 is 0. The molecule has 5 nitrogen and oxygen atoms in total. The zero-order valence-electron chi connectivity index (χ0n) is 12.5. The summed E-state index contributed by atoms with van der Waals surface area (Å²) in [6.45, 7) is 7.52. The molecule has 0 radical (unpaired) electrons. The van der Waals surface area contributed by atoms with E-state index in [9.17, 15) is 4.79 Å². The molecule has 1 aliphatic rings. The van der Waals surface area contributed by atoms with Gasteiger partial charge in [-0.1, -0.05) is 12.8 Å². The molecule has 1 saturated heterocycles. The summed E-state index contributed by atoms with van der Waals surface area (Å²) in [6, 6.07) is 1.72. The van der Waals surface area contributed by atoms with Crippen molar-refractivity contribution in [3.05, 3.63) is 18.0 Å². The molecule has 0 bridgehead atoms. The van der Waals surface area contributed by atoms with Crippen LogP contribution in [0, 0.1) is 0 Å². The SMILES string of the molecule is CCN(CC)c1nccc(C(=O)N2CCCCCC2)n1. The molecular weight excluding hydrogens is 252 g/mol. The number of likely N-dealkylation sites (tertiary alicyclic amines) is 1. The third-order valence-corrected chi connectivity index (χ3v) is 3.80. The molecule has 20 heavy (non-hydrogen) atoms. The van der Waals surface area contributed by atoms with Gasteiger partial charge in [-0.05, 0) is 32.8 Å². The van der Waals surface area contributed by atoms with Crippen LogP contribution in [-0.4, -0.2) is 47.0 Å². The second kappa shape index (κ2) is 7.22. The lowest BCUT2D eigenvalue weighted by molar-refractivity contribution is 0.0755. The van der Waals surface area contributed by atoms with Crippen molar-refractivity contribution >= 4 is 11.9 Å². The Morgan fingerprint density at radius 1 is 1.20 bits per heavy atom. The smallest absolute Gasteiger partial charge is 0.272 e. The molecule has 0 saturated carbocycles. The van der Waals surface area contributed by atoms with Crippen LogP contribution >= 0.6 is 0 Å². The molecule has 0 atom stereocenters. The van der Waals surface area contributed by atoms with Crippen molar-refractivity contribution in [2.45, 2.75) is 39.5 Å². The Morgan fingerprint density at radius 2 is 1.85 bits per heavy atom. The van der Waals surface area contributed by atoms with Crippen LogP contribution in [0.3, 0.4) is 0 Å². The molecule has 1 aromatic heterocycles. The van der Waals surface area contributed by atoms with E-state index in [0.717, 1.165) is 39.0 Å². The van der Waals surface area contributed by atoms with E-state index in [4.69, 9.17) is 0 Å². The molecule has 2 heterocycles. The van der Waals surface area contributed by atoms with Gasteiger partial charge in [0.25, 0.3) is 5.91 Å². The van der Waals surface area contributed by atoms with Gasteiger partial charge in [-0.2, -0.15) is 0 Å². The highest BCUT2D eigenvalue weighted by atomic mass is 16.2. The Labute approximate surface area is 121 Å². The van der Waals surface area contributed by atoms with Gasteiger partial charge in [-0.3, -0.25) is 4.79 Å². The number of amides is 1. The van der Waals surface area contributed by atoms with Crippen LogP contribution < -0.4 is 4.90 Å². The average Bonchev–Trinajstić information content (AvgIpc) is 2.77. The highest BCUT2D eigenvalue weighted by Crippen LogP contribution is 2.14. The quantitative estimate of drug-likeness (QED) is 0.847. The lowest BCUT2D eigenvalue weighted by atomic mass is 10.2. The summed E-state index contributed by atoms with van der Waals surface area (Å²) < 4.78 is 0. The van der Waals surface area contributed by atoms with E-state index >= 15 is 0 Å². The maximum absolute atomic E-state index is 12.5. The molecule has 0 unspecified atom stereocenters. The minimum absolute atomic E-state index is 0.0442. The Morgan fingerprint density at radius 3 is 2.45 bits per heavy atom. The number of nitrogens with zero attached hydrogens (tertiary/aromatic N) is 4. The van der Waals surface area contributed by atoms with Gasteiger partial charge in [0, 0.05) is 32.4 Å². The van der Waals surface area contributed by atoms with E-state index in [0.29, 0.717) is 11.6 Å². The fraction of sp³-hybridized carbons (Fsp3) is 0.667. The number of carbonyl (C=O) groups excluding carboxylic acids is 1. The Hall–Kier alpha value is -1.65. The molecule has 1 fully saturated rings. The molecule has 0 aliphatic carbocycles.